The van der Waals surface area contributed by atoms with Crippen molar-refractivity contribution in [3.05, 3.63) is 0 Å². The summed E-state index contributed by atoms with van der Waals surface area (Å²) in [5.74, 6) is 0.169. The maximum atomic E-state index is 11.9. The maximum absolute atomic E-state index is 11.9. The predicted octanol–water partition coefficient (Wildman–Crippen LogP) is 0.254. The fraction of sp³-hybridized carbons (Fsp3) is 0.786. The van der Waals surface area contributed by atoms with Crippen molar-refractivity contribution in [2.24, 2.45) is 5.92 Å². The van der Waals surface area contributed by atoms with Crippen molar-refractivity contribution in [2.45, 2.75) is 32.6 Å². The van der Waals surface area contributed by atoms with E-state index in [2.05, 4.69) is 21.6 Å². The molecule has 2 N–H and O–H groups in total. The van der Waals surface area contributed by atoms with Crippen molar-refractivity contribution in [1.82, 2.24) is 15.5 Å². The monoisotopic (exact) mass is 280 g/mol. The fourth-order valence-electron chi connectivity index (χ4n) is 2.34. The number of carbonyl (C=O) groups excluding carboxylic acids is 2. The van der Waals surface area contributed by atoms with Crippen molar-refractivity contribution >= 4 is 11.8 Å². The smallest absolute Gasteiger partial charge is 0.223 e. The Kier molecular flexibility index (Phi) is 7.66. The molecule has 1 aliphatic rings. The Hall–Kier alpha value is -1.61. The van der Waals surface area contributed by atoms with Gasteiger partial charge in [-0.1, -0.05) is 0 Å². The van der Waals surface area contributed by atoms with E-state index in [9.17, 15) is 9.59 Å². The molecule has 0 aromatic heterocycles. The van der Waals surface area contributed by atoms with Gasteiger partial charge in [-0.05, 0) is 32.4 Å². The Morgan fingerprint density at radius 3 is 2.50 bits per heavy atom. The van der Waals surface area contributed by atoms with Crippen molar-refractivity contribution < 1.29 is 9.59 Å². The topological polar surface area (TPSA) is 85.2 Å². The van der Waals surface area contributed by atoms with Crippen LogP contribution < -0.4 is 10.6 Å². The second kappa shape index (κ2) is 9.32. The lowest BCUT2D eigenvalue weighted by Crippen LogP contribution is -2.41. The molecule has 1 heterocycles. The van der Waals surface area contributed by atoms with E-state index in [1.165, 1.54) is 6.92 Å². The number of nitrogens with zero attached hydrogens (tertiary/aromatic N) is 2. The molecular formula is C14H24N4O2. The van der Waals surface area contributed by atoms with Crippen LogP contribution in [0, 0.1) is 17.2 Å². The number of amides is 2. The number of hydrogen-bond donors (Lipinski definition) is 2. The quantitative estimate of drug-likeness (QED) is 0.655. The predicted molar refractivity (Wildman–Crippen MR) is 75.7 cm³/mol. The molecule has 0 aliphatic carbocycles. The minimum absolute atomic E-state index is 0.0407. The summed E-state index contributed by atoms with van der Waals surface area (Å²) in [5.41, 5.74) is 0. The number of piperidine rings is 1. The van der Waals surface area contributed by atoms with E-state index in [0.717, 1.165) is 38.9 Å². The Morgan fingerprint density at radius 2 is 1.90 bits per heavy atom. The lowest BCUT2D eigenvalue weighted by Gasteiger charge is -2.30. The zero-order valence-electron chi connectivity index (χ0n) is 12.2. The van der Waals surface area contributed by atoms with Gasteiger partial charge in [-0.3, -0.25) is 9.59 Å². The van der Waals surface area contributed by atoms with Crippen LogP contribution in [0.5, 0.6) is 0 Å². The van der Waals surface area contributed by atoms with Gasteiger partial charge in [-0.15, -0.1) is 0 Å². The molecule has 0 spiro atoms. The maximum Gasteiger partial charge on any atom is 0.223 e. The minimum atomic E-state index is -0.0407. The first kappa shape index (κ1) is 16.4. The summed E-state index contributed by atoms with van der Waals surface area (Å²) < 4.78 is 0. The number of nitriles is 1. The SMILES string of the molecule is CC(=O)NCCCNC(=O)C1CCN(CCC#N)CC1. The molecule has 1 saturated heterocycles. The van der Waals surface area contributed by atoms with Crippen LogP contribution in [0.1, 0.15) is 32.6 Å². The lowest BCUT2D eigenvalue weighted by atomic mass is 9.96. The summed E-state index contributed by atoms with van der Waals surface area (Å²) in [6, 6.07) is 2.15. The van der Waals surface area contributed by atoms with Crippen molar-refractivity contribution in [3.8, 4) is 6.07 Å². The van der Waals surface area contributed by atoms with Crippen LogP contribution in [0.2, 0.25) is 0 Å². The van der Waals surface area contributed by atoms with Gasteiger partial charge in [0.05, 0.1) is 6.07 Å². The molecule has 0 bridgehead atoms. The van der Waals surface area contributed by atoms with Gasteiger partial charge in [0.25, 0.3) is 0 Å². The average molecular weight is 280 g/mol. The average Bonchev–Trinajstić information content (AvgIpc) is 2.44. The van der Waals surface area contributed by atoms with Crippen molar-refractivity contribution in [3.63, 3.8) is 0 Å². The number of nitrogens with one attached hydrogen (secondary N) is 2. The highest BCUT2D eigenvalue weighted by atomic mass is 16.2. The molecule has 0 unspecified atom stereocenters. The van der Waals surface area contributed by atoms with Crippen molar-refractivity contribution in [2.75, 3.05) is 32.7 Å². The molecule has 6 nitrogen and oxygen atoms in total. The van der Waals surface area contributed by atoms with E-state index < -0.39 is 0 Å². The molecule has 1 fully saturated rings. The third kappa shape index (κ3) is 6.53. The van der Waals surface area contributed by atoms with Crippen LogP contribution in [0.4, 0.5) is 0 Å². The number of likely N-dealkylation sites (tertiary alicyclic amines) is 1. The summed E-state index contributed by atoms with van der Waals surface area (Å²) in [4.78, 5) is 24.9. The molecule has 112 valence electrons. The molecule has 0 aromatic carbocycles. The van der Waals surface area contributed by atoms with Gasteiger partial charge >= 0.3 is 0 Å². The van der Waals surface area contributed by atoms with E-state index in [1.807, 2.05) is 0 Å². The Bertz CT molecular complexity index is 357. The molecule has 6 heteroatoms. The molecule has 1 aliphatic heterocycles. The number of rotatable bonds is 7. The first-order valence-electron chi connectivity index (χ1n) is 7.25. The molecule has 2 amide bonds. The second-order valence-electron chi connectivity index (χ2n) is 5.15. The van der Waals surface area contributed by atoms with E-state index in [1.54, 1.807) is 0 Å². The van der Waals surface area contributed by atoms with Crippen LogP contribution in [0.3, 0.4) is 0 Å². The molecule has 0 aromatic rings. The van der Waals surface area contributed by atoms with E-state index in [4.69, 9.17) is 5.26 Å². The van der Waals surface area contributed by atoms with Crippen molar-refractivity contribution in [1.29, 1.82) is 5.26 Å². The molecule has 0 atom stereocenters. The molecule has 1 rings (SSSR count). The summed E-state index contributed by atoms with van der Waals surface area (Å²) in [7, 11) is 0. The van der Waals surface area contributed by atoms with Gasteiger partial charge in [-0.2, -0.15) is 5.26 Å². The molecule has 0 saturated carbocycles. The van der Waals surface area contributed by atoms with Gasteiger partial charge in [0, 0.05) is 38.9 Å². The third-order valence-corrected chi connectivity index (χ3v) is 3.52. The Morgan fingerprint density at radius 1 is 1.25 bits per heavy atom. The molecule has 20 heavy (non-hydrogen) atoms. The van der Waals surface area contributed by atoms with Gasteiger partial charge in [-0.25, -0.2) is 0 Å². The van der Waals surface area contributed by atoms with Crippen LogP contribution in [-0.2, 0) is 9.59 Å². The zero-order chi connectivity index (χ0) is 14.8. The summed E-state index contributed by atoms with van der Waals surface area (Å²) in [5, 5.41) is 14.2. The highest BCUT2D eigenvalue weighted by Crippen LogP contribution is 2.17. The van der Waals surface area contributed by atoms with E-state index >= 15 is 0 Å². The van der Waals surface area contributed by atoms with Gasteiger partial charge in [0.2, 0.25) is 11.8 Å². The van der Waals surface area contributed by atoms with E-state index in [0.29, 0.717) is 19.5 Å². The fourth-order valence-corrected chi connectivity index (χ4v) is 2.34. The summed E-state index contributed by atoms with van der Waals surface area (Å²) >= 11 is 0. The standard InChI is InChI=1S/C14H24N4O2/c1-12(19)16-7-3-8-17-14(20)13-4-10-18(11-5-13)9-2-6-15/h13H,2-5,7-11H2,1H3,(H,16,19)(H,17,20). The highest BCUT2D eigenvalue weighted by Gasteiger charge is 2.24. The largest absolute Gasteiger partial charge is 0.356 e. The molecular weight excluding hydrogens is 256 g/mol. The van der Waals surface area contributed by atoms with Gasteiger partial charge in [0.15, 0.2) is 0 Å². The van der Waals surface area contributed by atoms with Crippen LogP contribution >= 0.6 is 0 Å². The Balaban J connectivity index is 2.10. The van der Waals surface area contributed by atoms with E-state index in [-0.39, 0.29) is 17.7 Å². The summed E-state index contributed by atoms with van der Waals surface area (Å²) in [6.07, 6.45) is 3.04. The third-order valence-electron chi connectivity index (χ3n) is 3.52. The number of carbonyl (C=O) groups is 2. The highest BCUT2D eigenvalue weighted by molar-refractivity contribution is 5.78. The van der Waals surface area contributed by atoms with Gasteiger partial charge < -0.3 is 15.5 Å². The first-order valence-corrected chi connectivity index (χ1v) is 7.25. The van der Waals surface area contributed by atoms with Crippen LogP contribution in [-0.4, -0.2) is 49.4 Å². The summed E-state index contributed by atoms with van der Waals surface area (Å²) in [6.45, 7) is 5.29. The second-order valence-corrected chi connectivity index (χ2v) is 5.15. The zero-order valence-corrected chi connectivity index (χ0v) is 12.2. The first-order chi connectivity index (χ1) is 9.63. The van der Waals surface area contributed by atoms with Gasteiger partial charge in [0.1, 0.15) is 0 Å². The minimum Gasteiger partial charge on any atom is -0.356 e. The Labute approximate surface area is 120 Å². The number of hydrogen-bond acceptors (Lipinski definition) is 4. The van der Waals surface area contributed by atoms with Crippen LogP contribution in [0.15, 0.2) is 0 Å². The van der Waals surface area contributed by atoms with Crippen LogP contribution in [0.25, 0.3) is 0 Å². The lowest BCUT2D eigenvalue weighted by molar-refractivity contribution is -0.126. The molecule has 0 radical (unpaired) electrons. The normalized spacial score (nSPS) is 16.4.